The Kier molecular flexibility index (Phi) is 4.85. The molecule has 0 aromatic rings. The van der Waals surface area contributed by atoms with Crippen LogP contribution in [0.25, 0.3) is 11.3 Å². The van der Waals surface area contributed by atoms with Crippen LogP contribution >= 0.6 is 11.8 Å². The molecule has 19 heavy (non-hydrogen) atoms. The maximum absolute atomic E-state index is 10.7. The van der Waals surface area contributed by atoms with Crippen LogP contribution in [0.2, 0.25) is 0 Å². The SMILES string of the molecule is CCC1CCCS1.O=C(O)c1[nH]ccc2nccc1-2. The average molecular weight is 278 g/mol. The molecule has 1 saturated heterocycles. The van der Waals surface area contributed by atoms with Gasteiger partial charge < -0.3 is 10.1 Å². The third-order valence-electron chi connectivity index (χ3n) is 3.16. The Morgan fingerprint density at radius 3 is 3.00 bits per heavy atom. The molecule has 0 amide bonds. The van der Waals surface area contributed by atoms with Crippen LogP contribution in [-0.4, -0.2) is 32.0 Å². The lowest BCUT2D eigenvalue weighted by Gasteiger charge is -2.00. The van der Waals surface area contributed by atoms with Gasteiger partial charge in [0.2, 0.25) is 0 Å². The highest BCUT2D eigenvalue weighted by Crippen LogP contribution is 2.27. The molecule has 4 nitrogen and oxygen atoms in total. The van der Waals surface area contributed by atoms with Crippen LogP contribution in [0.15, 0.2) is 24.5 Å². The molecule has 0 aromatic carbocycles. The molecule has 0 saturated carbocycles. The number of aromatic amines is 1. The van der Waals surface area contributed by atoms with E-state index < -0.39 is 5.97 Å². The molecule has 0 bridgehead atoms. The second-order valence-electron chi connectivity index (χ2n) is 4.44. The average Bonchev–Trinajstić information content (AvgIpc) is 3.09. The van der Waals surface area contributed by atoms with E-state index in [1.807, 2.05) is 0 Å². The van der Waals surface area contributed by atoms with Crippen LogP contribution in [0.1, 0.15) is 36.7 Å². The molecule has 3 rings (SSSR count). The minimum Gasteiger partial charge on any atom is -0.477 e. The number of nitrogens with one attached hydrogen (secondary N) is 1. The number of pyridine rings is 1. The van der Waals surface area contributed by atoms with Crippen LogP contribution in [0, 0.1) is 0 Å². The van der Waals surface area contributed by atoms with Crippen LogP contribution in [0.3, 0.4) is 0 Å². The second kappa shape index (κ2) is 6.61. The molecule has 5 heteroatoms. The van der Waals surface area contributed by atoms with E-state index in [9.17, 15) is 4.79 Å². The predicted octanol–water partition coefficient (Wildman–Crippen LogP) is 3.50. The van der Waals surface area contributed by atoms with Gasteiger partial charge in [0.1, 0.15) is 5.69 Å². The number of nitrogens with zero attached hydrogens (tertiary/aromatic N) is 1. The first-order valence-electron chi connectivity index (χ1n) is 6.49. The number of thioether (sulfide) groups is 1. The molecule has 3 aliphatic heterocycles. The van der Waals surface area contributed by atoms with Gasteiger partial charge in [-0.2, -0.15) is 11.8 Å². The number of hydrogen-bond donors (Lipinski definition) is 2. The van der Waals surface area contributed by atoms with Crippen molar-refractivity contribution in [2.75, 3.05) is 5.75 Å². The third-order valence-corrected chi connectivity index (χ3v) is 4.73. The molecule has 1 atom stereocenters. The van der Waals surface area contributed by atoms with Gasteiger partial charge in [-0.25, -0.2) is 4.79 Å². The Bertz CT molecular complexity index is 506. The van der Waals surface area contributed by atoms with Crippen molar-refractivity contribution in [3.05, 3.63) is 30.2 Å². The Morgan fingerprint density at radius 2 is 2.42 bits per heavy atom. The van der Waals surface area contributed by atoms with Crippen molar-refractivity contribution >= 4 is 17.7 Å². The Labute approximate surface area is 117 Å². The highest BCUT2D eigenvalue weighted by atomic mass is 32.2. The first-order valence-corrected chi connectivity index (χ1v) is 7.54. The lowest BCUT2D eigenvalue weighted by atomic mass is 10.1. The van der Waals surface area contributed by atoms with Crippen molar-refractivity contribution in [1.29, 1.82) is 0 Å². The standard InChI is InChI=1S/C8H6N2O2.C6H12S/c11-8(12)7-5-1-3-9-6(5)2-4-10-7;1-2-6-4-3-5-7-6/h1-4,10H,(H,11,12);6H,2-5H2,1H3. The van der Waals surface area contributed by atoms with E-state index in [0.29, 0.717) is 11.3 Å². The first-order chi connectivity index (χ1) is 9.22. The lowest BCUT2D eigenvalue weighted by molar-refractivity contribution is 0.0691. The van der Waals surface area contributed by atoms with E-state index in [1.54, 1.807) is 24.5 Å². The van der Waals surface area contributed by atoms with Crippen molar-refractivity contribution in [2.24, 2.45) is 0 Å². The molecule has 3 heterocycles. The number of aromatic nitrogens is 2. The van der Waals surface area contributed by atoms with E-state index in [1.165, 1.54) is 25.0 Å². The molecular weight excluding hydrogens is 260 g/mol. The largest absolute Gasteiger partial charge is 0.477 e. The Hall–Kier alpha value is -1.49. The molecule has 102 valence electrons. The van der Waals surface area contributed by atoms with E-state index in [4.69, 9.17) is 5.11 Å². The lowest BCUT2D eigenvalue weighted by Crippen LogP contribution is -2.02. The summed E-state index contributed by atoms with van der Waals surface area (Å²) in [5, 5.41) is 9.76. The molecule has 1 unspecified atom stereocenters. The van der Waals surface area contributed by atoms with Crippen molar-refractivity contribution in [3.63, 3.8) is 0 Å². The van der Waals surface area contributed by atoms with Crippen LogP contribution in [0.4, 0.5) is 0 Å². The number of carboxylic acids is 1. The number of H-pyrrole nitrogens is 1. The van der Waals surface area contributed by atoms with Gasteiger partial charge in [0.25, 0.3) is 0 Å². The number of aromatic carboxylic acids is 1. The fourth-order valence-corrected chi connectivity index (χ4v) is 3.35. The molecule has 0 radical (unpaired) electrons. The summed E-state index contributed by atoms with van der Waals surface area (Å²) < 4.78 is 0. The summed E-state index contributed by atoms with van der Waals surface area (Å²) in [6.45, 7) is 2.28. The molecule has 1 fully saturated rings. The second-order valence-corrected chi connectivity index (χ2v) is 5.85. The van der Waals surface area contributed by atoms with Gasteiger partial charge >= 0.3 is 5.97 Å². The Morgan fingerprint density at radius 1 is 1.58 bits per heavy atom. The monoisotopic (exact) mass is 278 g/mol. The highest BCUT2D eigenvalue weighted by Gasteiger charge is 2.14. The number of hydrogen-bond acceptors (Lipinski definition) is 3. The molecule has 0 aliphatic carbocycles. The van der Waals surface area contributed by atoms with E-state index in [2.05, 4.69) is 28.7 Å². The minimum atomic E-state index is -0.964. The van der Waals surface area contributed by atoms with E-state index >= 15 is 0 Å². The fraction of sp³-hybridized carbons (Fsp3) is 0.429. The minimum absolute atomic E-state index is 0.185. The first kappa shape index (κ1) is 13.9. The summed E-state index contributed by atoms with van der Waals surface area (Å²) in [6, 6.07) is 3.41. The summed E-state index contributed by atoms with van der Waals surface area (Å²) in [4.78, 5) is 17.3. The molecule has 0 spiro atoms. The zero-order valence-electron chi connectivity index (χ0n) is 10.9. The number of fused-ring (bicyclic) bond motifs is 1. The summed E-state index contributed by atoms with van der Waals surface area (Å²) in [5.41, 5.74) is 1.53. The predicted molar refractivity (Wildman–Crippen MR) is 77.9 cm³/mol. The zero-order chi connectivity index (χ0) is 13.7. The molecule has 0 aromatic heterocycles. The van der Waals surface area contributed by atoms with Gasteiger partial charge in [0.05, 0.1) is 5.69 Å². The van der Waals surface area contributed by atoms with Crippen molar-refractivity contribution in [2.45, 2.75) is 31.4 Å². The summed E-state index contributed by atoms with van der Waals surface area (Å²) in [7, 11) is 0. The number of carbonyl (C=O) groups is 1. The molecular formula is C14H18N2O2S. The summed E-state index contributed by atoms with van der Waals surface area (Å²) in [6.07, 6.45) is 7.47. The van der Waals surface area contributed by atoms with Gasteiger partial charge in [-0.15, -0.1) is 0 Å². The van der Waals surface area contributed by atoms with Crippen LogP contribution < -0.4 is 0 Å². The van der Waals surface area contributed by atoms with Crippen LogP contribution in [0.5, 0.6) is 0 Å². The van der Waals surface area contributed by atoms with Gasteiger partial charge in [0, 0.05) is 23.2 Å². The third kappa shape index (κ3) is 3.50. The van der Waals surface area contributed by atoms with E-state index in [0.717, 1.165) is 5.25 Å². The summed E-state index contributed by atoms with van der Waals surface area (Å²) >= 11 is 2.14. The highest BCUT2D eigenvalue weighted by molar-refractivity contribution is 8.00. The van der Waals surface area contributed by atoms with Crippen molar-refractivity contribution < 1.29 is 9.90 Å². The topological polar surface area (TPSA) is 66.0 Å². The number of rotatable bonds is 2. The van der Waals surface area contributed by atoms with Gasteiger partial charge in [-0.05, 0) is 37.1 Å². The zero-order valence-corrected chi connectivity index (χ0v) is 11.7. The van der Waals surface area contributed by atoms with Gasteiger partial charge in [-0.3, -0.25) is 4.98 Å². The molecule has 2 N–H and O–H groups in total. The number of carboxylic acid groups (broad SMARTS) is 1. The quantitative estimate of drug-likeness (QED) is 0.882. The van der Waals surface area contributed by atoms with Crippen molar-refractivity contribution in [3.8, 4) is 11.3 Å². The Balaban J connectivity index is 0.000000163. The smallest absolute Gasteiger partial charge is 0.353 e. The van der Waals surface area contributed by atoms with Crippen molar-refractivity contribution in [1.82, 2.24) is 9.97 Å². The summed E-state index contributed by atoms with van der Waals surface area (Å²) in [5.74, 6) is 0.451. The van der Waals surface area contributed by atoms with E-state index in [-0.39, 0.29) is 5.69 Å². The van der Waals surface area contributed by atoms with Gasteiger partial charge in [0.15, 0.2) is 0 Å². The maximum Gasteiger partial charge on any atom is 0.353 e. The normalized spacial score (nSPS) is 18.1. The molecule has 3 aliphatic rings. The van der Waals surface area contributed by atoms with Gasteiger partial charge in [-0.1, -0.05) is 6.92 Å². The maximum atomic E-state index is 10.7. The van der Waals surface area contributed by atoms with Crippen LogP contribution in [-0.2, 0) is 0 Å². The fourth-order valence-electron chi connectivity index (χ4n) is 2.12.